The van der Waals surface area contributed by atoms with Gasteiger partial charge in [-0.15, -0.1) is 0 Å². The third-order valence-corrected chi connectivity index (χ3v) is 4.19. The van der Waals surface area contributed by atoms with Gasteiger partial charge in [0.1, 0.15) is 6.04 Å². The summed E-state index contributed by atoms with van der Waals surface area (Å²) in [4.78, 5) is 56.2. The topological polar surface area (TPSA) is 136 Å². The normalized spacial score (nSPS) is 12.0. The van der Waals surface area contributed by atoms with E-state index in [0.717, 1.165) is 18.7 Å². The maximum Gasteiger partial charge on any atom is 0.370 e. The summed E-state index contributed by atoms with van der Waals surface area (Å²) in [5.41, 5.74) is 0. The SMILES string of the molecule is CC(=O)OCOC(=O)SC[C@H](NC(=O)C(C)(C)SC(C)=O)C(=O)O. The van der Waals surface area contributed by atoms with Gasteiger partial charge in [-0.3, -0.25) is 14.4 Å². The number of ether oxygens (including phenoxy) is 2. The van der Waals surface area contributed by atoms with Gasteiger partial charge >= 0.3 is 17.2 Å². The fraction of sp³-hybridized carbons (Fsp3) is 0.615. The second-order valence-electron chi connectivity index (χ2n) is 4.93. The minimum atomic E-state index is -1.35. The molecule has 24 heavy (non-hydrogen) atoms. The lowest BCUT2D eigenvalue weighted by molar-refractivity contribution is -0.148. The molecule has 0 aromatic carbocycles. The Balaban J connectivity index is 4.53. The molecular weight excluding hydrogens is 362 g/mol. The second kappa shape index (κ2) is 10.2. The highest BCUT2D eigenvalue weighted by Crippen LogP contribution is 2.25. The van der Waals surface area contributed by atoms with Gasteiger partial charge < -0.3 is 19.9 Å². The van der Waals surface area contributed by atoms with E-state index in [0.29, 0.717) is 11.8 Å². The highest BCUT2D eigenvalue weighted by Gasteiger charge is 2.33. The van der Waals surface area contributed by atoms with Gasteiger partial charge in [-0.25, -0.2) is 9.59 Å². The standard InChI is InChI=1S/C13H19NO8S2/c1-7(15)21-6-22-12(20)23-5-9(10(17)18)14-11(19)13(3,4)24-8(2)16/h9H,5-6H2,1-4H3,(H,14,19)(H,17,18)/t9-/m0/s1. The molecule has 9 nitrogen and oxygen atoms in total. The number of amides is 1. The first-order chi connectivity index (χ1) is 11.0. The van der Waals surface area contributed by atoms with Crippen molar-refractivity contribution in [3.8, 4) is 0 Å². The number of aliphatic carboxylic acids is 1. The van der Waals surface area contributed by atoms with Crippen molar-refractivity contribution >= 4 is 51.8 Å². The Morgan fingerprint density at radius 1 is 1.12 bits per heavy atom. The van der Waals surface area contributed by atoms with Gasteiger partial charge in [-0.1, -0.05) is 11.8 Å². The van der Waals surface area contributed by atoms with Crippen molar-refractivity contribution in [1.82, 2.24) is 5.32 Å². The molecule has 0 rings (SSSR count). The Labute approximate surface area is 147 Å². The number of hydrogen-bond acceptors (Lipinski definition) is 9. The monoisotopic (exact) mass is 381 g/mol. The molecule has 11 heteroatoms. The number of carbonyl (C=O) groups is 5. The van der Waals surface area contributed by atoms with Crippen molar-refractivity contribution in [3.63, 3.8) is 0 Å². The zero-order valence-electron chi connectivity index (χ0n) is 13.6. The van der Waals surface area contributed by atoms with Gasteiger partial charge in [0.25, 0.3) is 0 Å². The van der Waals surface area contributed by atoms with Crippen LogP contribution in [0.25, 0.3) is 0 Å². The zero-order valence-corrected chi connectivity index (χ0v) is 15.2. The maximum absolute atomic E-state index is 12.1. The summed E-state index contributed by atoms with van der Waals surface area (Å²) in [6.45, 7) is 4.82. The van der Waals surface area contributed by atoms with Crippen molar-refractivity contribution in [1.29, 1.82) is 0 Å². The van der Waals surface area contributed by atoms with Gasteiger partial charge in [0, 0.05) is 19.6 Å². The molecule has 0 spiro atoms. The fourth-order valence-corrected chi connectivity index (χ4v) is 2.80. The van der Waals surface area contributed by atoms with E-state index in [1.165, 1.54) is 20.8 Å². The van der Waals surface area contributed by atoms with Crippen molar-refractivity contribution in [2.75, 3.05) is 12.5 Å². The molecule has 0 unspecified atom stereocenters. The first-order valence-corrected chi connectivity index (χ1v) is 8.42. The molecule has 0 fully saturated rings. The number of hydrogen-bond donors (Lipinski definition) is 2. The second-order valence-corrected chi connectivity index (χ2v) is 7.68. The Hall–Kier alpha value is -1.75. The molecule has 0 aliphatic rings. The third kappa shape index (κ3) is 9.40. The largest absolute Gasteiger partial charge is 0.480 e. The minimum Gasteiger partial charge on any atom is -0.480 e. The molecule has 0 radical (unpaired) electrons. The summed E-state index contributed by atoms with van der Waals surface area (Å²) >= 11 is 1.28. The van der Waals surface area contributed by atoms with E-state index in [1.54, 1.807) is 0 Å². The number of carboxylic acid groups (broad SMARTS) is 1. The summed E-state index contributed by atoms with van der Waals surface area (Å²) in [5.74, 6) is -2.91. The molecule has 0 aromatic rings. The highest BCUT2D eigenvalue weighted by atomic mass is 32.2. The van der Waals surface area contributed by atoms with Crippen LogP contribution in [0.5, 0.6) is 0 Å². The van der Waals surface area contributed by atoms with Crippen LogP contribution in [-0.4, -0.2) is 56.7 Å². The van der Waals surface area contributed by atoms with Crippen LogP contribution < -0.4 is 5.32 Å². The van der Waals surface area contributed by atoms with E-state index in [-0.39, 0.29) is 10.9 Å². The van der Waals surface area contributed by atoms with Crippen LogP contribution >= 0.6 is 23.5 Å². The van der Waals surface area contributed by atoms with Crippen molar-refractivity contribution in [2.45, 2.75) is 38.5 Å². The van der Waals surface area contributed by atoms with Gasteiger partial charge in [-0.05, 0) is 25.6 Å². The number of carboxylic acids is 1. The lowest BCUT2D eigenvalue weighted by atomic mass is 10.2. The molecule has 2 N–H and O–H groups in total. The fourth-order valence-electron chi connectivity index (χ4n) is 1.27. The Kier molecular flexibility index (Phi) is 9.44. The van der Waals surface area contributed by atoms with E-state index in [1.807, 2.05) is 0 Å². The molecule has 1 amide bonds. The smallest absolute Gasteiger partial charge is 0.370 e. The van der Waals surface area contributed by atoms with Crippen LogP contribution in [0.4, 0.5) is 4.79 Å². The average Bonchev–Trinajstić information content (AvgIpc) is 2.40. The van der Waals surface area contributed by atoms with Crippen LogP contribution in [-0.2, 0) is 28.7 Å². The molecule has 0 saturated heterocycles. The molecule has 136 valence electrons. The van der Waals surface area contributed by atoms with E-state index < -0.39 is 40.7 Å². The molecular formula is C13H19NO8S2. The zero-order chi connectivity index (χ0) is 18.9. The van der Waals surface area contributed by atoms with Gasteiger partial charge in [-0.2, -0.15) is 0 Å². The van der Waals surface area contributed by atoms with E-state index in [2.05, 4.69) is 14.8 Å². The highest BCUT2D eigenvalue weighted by molar-refractivity contribution is 8.15. The first kappa shape index (κ1) is 22.2. The van der Waals surface area contributed by atoms with E-state index >= 15 is 0 Å². The predicted octanol–water partition coefficient (Wildman–Crippen LogP) is 1.00. The van der Waals surface area contributed by atoms with Crippen LogP contribution in [0, 0.1) is 0 Å². The molecule has 0 aliphatic carbocycles. The van der Waals surface area contributed by atoms with Crippen LogP contribution in [0.1, 0.15) is 27.7 Å². The number of thioether (sulfide) groups is 2. The van der Waals surface area contributed by atoms with Crippen molar-refractivity contribution in [2.24, 2.45) is 0 Å². The Morgan fingerprint density at radius 3 is 2.17 bits per heavy atom. The lowest BCUT2D eigenvalue weighted by Crippen LogP contribution is -2.49. The van der Waals surface area contributed by atoms with Gasteiger partial charge in [0.2, 0.25) is 12.7 Å². The number of carbonyl (C=O) groups excluding carboxylic acids is 4. The van der Waals surface area contributed by atoms with E-state index in [9.17, 15) is 24.0 Å². The van der Waals surface area contributed by atoms with Gasteiger partial charge in [0.05, 0.1) is 4.75 Å². The summed E-state index contributed by atoms with van der Waals surface area (Å²) in [6.07, 6.45) is 0. The summed E-state index contributed by atoms with van der Waals surface area (Å²) < 4.78 is 7.78. The average molecular weight is 381 g/mol. The number of rotatable bonds is 8. The Morgan fingerprint density at radius 2 is 1.71 bits per heavy atom. The van der Waals surface area contributed by atoms with Crippen molar-refractivity contribution in [3.05, 3.63) is 0 Å². The molecule has 1 atom stereocenters. The maximum atomic E-state index is 12.1. The summed E-state index contributed by atoms with van der Waals surface area (Å²) in [5, 5.41) is 10.2. The lowest BCUT2D eigenvalue weighted by Gasteiger charge is -2.24. The molecule has 0 saturated carbocycles. The molecule has 0 aromatic heterocycles. The summed E-state index contributed by atoms with van der Waals surface area (Å²) in [7, 11) is 0. The van der Waals surface area contributed by atoms with Crippen LogP contribution in [0.2, 0.25) is 0 Å². The first-order valence-electron chi connectivity index (χ1n) is 6.62. The molecule has 0 bridgehead atoms. The Bertz CT molecular complexity index is 520. The van der Waals surface area contributed by atoms with E-state index in [4.69, 9.17) is 5.11 Å². The predicted molar refractivity (Wildman–Crippen MR) is 87.5 cm³/mol. The molecule has 0 heterocycles. The van der Waals surface area contributed by atoms with Crippen LogP contribution in [0.15, 0.2) is 0 Å². The number of esters is 1. The number of nitrogens with one attached hydrogen (secondary N) is 1. The quantitative estimate of drug-likeness (QED) is 0.463. The minimum absolute atomic E-state index is 0.287. The van der Waals surface area contributed by atoms with Gasteiger partial charge in [0.15, 0.2) is 5.12 Å². The third-order valence-electron chi connectivity index (χ3n) is 2.36. The summed E-state index contributed by atoms with van der Waals surface area (Å²) in [6, 6.07) is -1.35. The molecule has 0 aliphatic heterocycles. The van der Waals surface area contributed by atoms with Crippen LogP contribution in [0.3, 0.4) is 0 Å². The van der Waals surface area contributed by atoms with Crippen molar-refractivity contribution < 1.29 is 38.6 Å².